The van der Waals surface area contributed by atoms with E-state index in [9.17, 15) is 5.21 Å². The number of pyridine rings is 1. The maximum atomic E-state index is 11.7. The normalized spacial score (nSPS) is 10.5. The van der Waals surface area contributed by atoms with Gasteiger partial charge in [-0.3, -0.25) is 5.32 Å². The molecule has 2 rings (SSSR count). The molecule has 0 radical (unpaired) electrons. The molecule has 1 heterocycles. The first kappa shape index (κ1) is 11.5. The lowest BCUT2D eigenvalue weighted by Crippen LogP contribution is -2.30. The van der Waals surface area contributed by atoms with Crippen LogP contribution in [0.1, 0.15) is 13.8 Å². The third-order valence-electron chi connectivity index (χ3n) is 2.61. The predicted molar refractivity (Wildman–Crippen MR) is 71.2 cm³/mol. The molecule has 0 saturated heterocycles. The average Bonchev–Trinajstić information content (AvgIpc) is 2.31. The molecule has 0 aliphatic rings. The maximum absolute atomic E-state index is 11.7. The van der Waals surface area contributed by atoms with E-state index in [1.54, 1.807) is 6.20 Å². The Kier molecular flexibility index (Phi) is 3.32. The van der Waals surface area contributed by atoms with Gasteiger partial charge in [0.15, 0.2) is 0 Å². The summed E-state index contributed by atoms with van der Waals surface area (Å²) in [6, 6.07) is 7.88. The van der Waals surface area contributed by atoms with Crippen molar-refractivity contribution in [1.29, 1.82) is 0 Å². The van der Waals surface area contributed by atoms with Crippen LogP contribution in [0, 0.1) is 5.21 Å². The minimum absolute atomic E-state index is 0.591. The minimum atomic E-state index is 0.591. The second kappa shape index (κ2) is 4.91. The van der Waals surface area contributed by atoms with Crippen molar-refractivity contribution < 1.29 is 4.73 Å². The van der Waals surface area contributed by atoms with Gasteiger partial charge in [-0.25, -0.2) is 4.73 Å². The molecule has 17 heavy (non-hydrogen) atoms. The van der Waals surface area contributed by atoms with Crippen molar-refractivity contribution in [2.45, 2.75) is 13.8 Å². The lowest BCUT2D eigenvalue weighted by Gasteiger charge is -2.10. The van der Waals surface area contributed by atoms with Crippen molar-refractivity contribution in [2.75, 3.05) is 23.7 Å². The van der Waals surface area contributed by atoms with Gasteiger partial charge < -0.3 is 10.5 Å². The monoisotopic (exact) mass is 231 g/mol. The topological polar surface area (TPSA) is 51.0 Å². The maximum Gasteiger partial charge on any atom is 0.278 e. The third-order valence-corrected chi connectivity index (χ3v) is 2.61. The Morgan fingerprint density at radius 3 is 2.53 bits per heavy atom. The summed E-state index contributed by atoms with van der Waals surface area (Å²) in [6.45, 7) is 5.66. The molecular formula is C13H17N3O. The highest BCUT2D eigenvalue weighted by Gasteiger charge is 2.05. The van der Waals surface area contributed by atoms with Crippen LogP contribution in [0.2, 0.25) is 0 Å². The van der Waals surface area contributed by atoms with Crippen LogP contribution in [0.25, 0.3) is 10.8 Å². The van der Waals surface area contributed by atoms with Gasteiger partial charge in [-0.05, 0) is 37.4 Å². The lowest BCUT2D eigenvalue weighted by molar-refractivity contribution is -0.588. The van der Waals surface area contributed by atoms with Gasteiger partial charge in [-0.15, -0.1) is 0 Å². The number of anilines is 2. The first-order valence-corrected chi connectivity index (χ1v) is 5.89. The number of hydrogen-bond acceptors (Lipinski definition) is 3. The van der Waals surface area contributed by atoms with Gasteiger partial charge in [0.05, 0.1) is 6.54 Å². The van der Waals surface area contributed by atoms with Gasteiger partial charge in [0.2, 0.25) is 0 Å². The number of aromatic nitrogens is 1. The SMILES string of the molecule is CCNc1ccc2c[n+]([O-])c(NCC)cc2c1. The van der Waals surface area contributed by atoms with Crippen LogP contribution < -0.4 is 15.4 Å². The molecule has 4 nitrogen and oxygen atoms in total. The molecule has 0 bridgehead atoms. The van der Waals surface area contributed by atoms with Crippen LogP contribution in [-0.2, 0) is 0 Å². The van der Waals surface area contributed by atoms with E-state index in [1.165, 1.54) is 0 Å². The number of benzene rings is 1. The van der Waals surface area contributed by atoms with Crippen LogP contribution >= 0.6 is 0 Å². The van der Waals surface area contributed by atoms with E-state index >= 15 is 0 Å². The van der Waals surface area contributed by atoms with E-state index in [4.69, 9.17) is 0 Å². The summed E-state index contributed by atoms with van der Waals surface area (Å²) in [5.41, 5.74) is 1.08. The number of fused-ring (bicyclic) bond motifs is 1. The van der Waals surface area contributed by atoms with Crippen molar-refractivity contribution in [3.63, 3.8) is 0 Å². The van der Waals surface area contributed by atoms with Crippen LogP contribution in [0.3, 0.4) is 0 Å². The molecule has 0 fully saturated rings. The first-order valence-electron chi connectivity index (χ1n) is 5.89. The molecule has 0 aliphatic heterocycles. The van der Waals surface area contributed by atoms with Crippen molar-refractivity contribution in [3.05, 3.63) is 35.7 Å². The summed E-state index contributed by atoms with van der Waals surface area (Å²) in [7, 11) is 0. The number of nitrogens with one attached hydrogen (secondary N) is 2. The van der Waals surface area contributed by atoms with Crippen molar-refractivity contribution in [2.24, 2.45) is 0 Å². The third kappa shape index (κ3) is 2.41. The predicted octanol–water partition coefficient (Wildman–Crippen LogP) is 2.34. The molecule has 0 unspecified atom stereocenters. The highest BCUT2D eigenvalue weighted by atomic mass is 16.5. The summed E-state index contributed by atoms with van der Waals surface area (Å²) in [5.74, 6) is 0.591. The minimum Gasteiger partial charge on any atom is -0.711 e. The Balaban J connectivity index is 2.48. The van der Waals surface area contributed by atoms with Gasteiger partial charge >= 0.3 is 0 Å². The molecule has 90 valence electrons. The average molecular weight is 231 g/mol. The largest absolute Gasteiger partial charge is 0.711 e. The Hall–Kier alpha value is -1.97. The summed E-state index contributed by atoms with van der Waals surface area (Å²) in [5, 5.41) is 20.0. The lowest BCUT2D eigenvalue weighted by atomic mass is 10.1. The van der Waals surface area contributed by atoms with Gasteiger partial charge in [0.1, 0.15) is 6.20 Å². The zero-order valence-corrected chi connectivity index (χ0v) is 10.2. The molecule has 2 aromatic rings. The number of hydrogen-bond donors (Lipinski definition) is 2. The Bertz CT molecular complexity index is 525. The quantitative estimate of drug-likeness (QED) is 0.627. The Morgan fingerprint density at radius 2 is 1.82 bits per heavy atom. The van der Waals surface area contributed by atoms with Gasteiger partial charge in [-0.1, -0.05) is 0 Å². The van der Waals surface area contributed by atoms with Crippen molar-refractivity contribution in [1.82, 2.24) is 0 Å². The fraction of sp³-hybridized carbons (Fsp3) is 0.308. The summed E-state index contributed by atoms with van der Waals surface area (Å²) >= 11 is 0. The fourth-order valence-electron chi connectivity index (χ4n) is 1.85. The highest BCUT2D eigenvalue weighted by Crippen LogP contribution is 2.20. The van der Waals surface area contributed by atoms with Gasteiger partial charge in [-0.2, -0.15) is 0 Å². The molecular weight excluding hydrogens is 214 g/mol. The fourth-order valence-corrected chi connectivity index (χ4v) is 1.85. The zero-order chi connectivity index (χ0) is 12.3. The molecule has 2 N–H and O–H groups in total. The van der Waals surface area contributed by atoms with Crippen molar-refractivity contribution in [3.8, 4) is 0 Å². The molecule has 0 spiro atoms. The van der Waals surface area contributed by atoms with E-state index in [2.05, 4.69) is 23.6 Å². The van der Waals surface area contributed by atoms with E-state index in [0.29, 0.717) is 5.82 Å². The summed E-state index contributed by atoms with van der Waals surface area (Å²) in [4.78, 5) is 0. The Morgan fingerprint density at radius 1 is 1.06 bits per heavy atom. The van der Waals surface area contributed by atoms with Gasteiger partial charge in [0, 0.05) is 23.7 Å². The molecule has 0 saturated carbocycles. The smallest absolute Gasteiger partial charge is 0.278 e. The van der Waals surface area contributed by atoms with Crippen molar-refractivity contribution >= 4 is 22.3 Å². The molecule has 0 atom stereocenters. The highest BCUT2D eigenvalue weighted by molar-refractivity contribution is 5.86. The second-order valence-corrected chi connectivity index (χ2v) is 3.89. The summed E-state index contributed by atoms with van der Waals surface area (Å²) in [6.07, 6.45) is 1.60. The Labute approximate surface area is 101 Å². The number of rotatable bonds is 4. The molecule has 1 aromatic carbocycles. The standard InChI is InChI=1S/C13H17N3O/c1-3-14-12-6-5-10-9-16(17)13(15-4-2)8-11(10)7-12/h5-9,14-15H,3-4H2,1-2H3. The van der Waals surface area contributed by atoms with Crippen LogP contribution in [0.4, 0.5) is 11.5 Å². The van der Waals surface area contributed by atoms with E-state index in [0.717, 1.165) is 34.3 Å². The first-order chi connectivity index (χ1) is 8.24. The van der Waals surface area contributed by atoms with Gasteiger partial charge in [0.25, 0.3) is 5.82 Å². The molecule has 0 amide bonds. The summed E-state index contributed by atoms with van der Waals surface area (Å²) < 4.78 is 0.874. The molecule has 0 aliphatic carbocycles. The molecule has 4 heteroatoms. The second-order valence-electron chi connectivity index (χ2n) is 3.89. The molecule has 1 aromatic heterocycles. The van der Waals surface area contributed by atoms with E-state index in [1.807, 2.05) is 25.1 Å². The zero-order valence-electron chi connectivity index (χ0n) is 10.2. The van der Waals surface area contributed by atoms with E-state index < -0.39 is 0 Å². The van der Waals surface area contributed by atoms with Crippen LogP contribution in [0.15, 0.2) is 30.5 Å². The van der Waals surface area contributed by atoms with Crippen LogP contribution in [0.5, 0.6) is 0 Å². The van der Waals surface area contributed by atoms with Crippen LogP contribution in [-0.4, -0.2) is 13.1 Å². The number of nitrogens with zero attached hydrogens (tertiary/aromatic N) is 1. The van der Waals surface area contributed by atoms with E-state index in [-0.39, 0.29) is 0 Å².